The third-order valence-electron chi connectivity index (χ3n) is 2.43. The molecule has 0 atom stereocenters. The maximum Gasteiger partial charge on any atom is 0.335 e. The van der Waals surface area contributed by atoms with E-state index in [2.05, 4.69) is 0 Å². The van der Waals surface area contributed by atoms with Gasteiger partial charge in [-0.3, -0.25) is 4.57 Å². The van der Waals surface area contributed by atoms with Crippen molar-refractivity contribution in [1.82, 2.24) is 0 Å². The van der Waals surface area contributed by atoms with Crippen LogP contribution in [0.5, 0.6) is 5.75 Å². The standard InChI is InChI=1S/C12H20NO6P/c1-17-12-8-10(2-3-11(12)13)9-20(16,18-6-4-14)19-7-5-15/h2-3,8,14-15H,4-7,9,13H2,1H3. The van der Waals surface area contributed by atoms with Gasteiger partial charge in [0, 0.05) is 0 Å². The van der Waals surface area contributed by atoms with Crippen LogP contribution in [0.4, 0.5) is 5.69 Å². The van der Waals surface area contributed by atoms with Gasteiger partial charge in [0.25, 0.3) is 0 Å². The molecule has 0 aliphatic carbocycles. The van der Waals surface area contributed by atoms with Crippen LogP contribution in [-0.2, 0) is 19.8 Å². The lowest BCUT2D eigenvalue weighted by Gasteiger charge is -2.18. The minimum absolute atomic E-state index is 0.00361. The molecule has 0 radical (unpaired) electrons. The first-order chi connectivity index (χ1) is 9.54. The minimum atomic E-state index is -3.44. The normalized spacial score (nSPS) is 11.6. The van der Waals surface area contributed by atoms with Crippen molar-refractivity contribution >= 4 is 13.3 Å². The molecule has 0 bridgehead atoms. The van der Waals surface area contributed by atoms with Crippen LogP contribution < -0.4 is 10.5 Å². The van der Waals surface area contributed by atoms with E-state index in [1.54, 1.807) is 18.2 Å². The molecule has 0 spiro atoms. The molecule has 0 amide bonds. The monoisotopic (exact) mass is 305 g/mol. The van der Waals surface area contributed by atoms with Crippen molar-refractivity contribution in [2.75, 3.05) is 39.3 Å². The molecule has 0 unspecified atom stereocenters. The molecule has 0 aliphatic rings. The SMILES string of the molecule is COc1cc(CP(=O)(OCCO)OCCO)ccc1N. The molecule has 0 saturated carbocycles. The molecule has 0 fully saturated rings. The summed E-state index contributed by atoms with van der Waals surface area (Å²) < 4.78 is 27.7. The van der Waals surface area contributed by atoms with E-state index in [1.165, 1.54) is 7.11 Å². The lowest BCUT2D eigenvalue weighted by Crippen LogP contribution is -2.06. The van der Waals surface area contributed by atoms with Crippen molar-refractivity contribution in [3.63, 3.8) is 0 Å². The molecular formula is C12H20NO6P. The molecule has 0 saturated heterocycles. The topological polar surface area (TPSA) is 111 Å². The second-order valence-electron chi connectivity index (χ2n) is 3.96. The maximum absolute atomic E-state index is 12.4. The first-order valence-corrected chi connectivity index (χ1v) is 7.79. The Morgan fingerprint density at radius 2 is 1.80 bits per heavy atom. The summed E-state index contributed by atoms with van der Waals surface area (Å²) in [6, 6.07) is 4.97. The minimum Gasteiger partial charge on any atom is -0.495 e. The molecule has 1 aromatic carbocycles. The van der Waals surface area contributed by atoms with Gasteiger partial charge in [0.1, 0.15) is 5.75 Å². The van der Waals surface area contributed by atoms with Gasteiger partial charge in [0.2, 0.25) is 0 Å². The number of methoxy groups -OCH3 is 1. The number of nitrogens with two attached hydrogens (primary N) is 1. The second-order valence-corrected chi connectivity index (χ2v) is 6.01. The number of benzene rings is 1. The highest BCUT2D eigenvalue weighted by Gasteiger charge is 2.25. The molecule has 20 heavy (non-hydrogen) atoms. The van der Waals surface area contributed by atoms with E-state index in [9.17, 15) is 4.57 Å². The highest BCUT2D eigenvalue weighted by Crippen LogP contribution is 2.51. The lowest BCUT2D eigenvalue weighted by atomic mass is 10.2. The molecule has 114 valence electrons. The number of rotatable bonds is 9. The van der Waals surface area contributed by atoms with E-state index in [1.807, 2.05) is 0 Å². The van der Waals surface area contributed by atoms with Crippen LogP contribution in [-0.4, -0.2) is 43.8 Å². The van der Waals surface area contributed by atoms with Crippen molar-refractivity contribution in [3.05, 3.63) is 23.8 Å². The molecular weight excluding hydrogens is 285 g/mol. The Labute approximate surface area is 117 Å². The van der Waals surface area contributed by atoms with Crippen LogP contribution >= 0.6 is 7.60 Å². The van der Waals surface area contributed by atoms with E-state index in [4.69, 9.17) is 29.7 Å². The number of aliphatic hydroxyl groups excluding tert-OH is 2. The predicted octanol–water partition coefficient (Wildman–Crippen LogP) is 0.988. The Kier molecular flexibility index (Phi) is 6.98. The van der Waals surface area contributed by atoms with Gasteiger partial charge in [-0.25, -0.2) is 0 Å². The van der Waals surface area contributed by atoms with Crippen LogP contribution in [0.15, 0.2) is 18.2 Å². The van der Waals surface area contributed by atoms with Crippen molar-refractivity contribution in [1.29, 1.82) is 0 Å². The van der Waals surface area contributed by atoms with Gasteiger partial charge in [0.15, 0.2) is 0 Å². The number of ether oxygens (including phenoxy) is 1. The van der Waals surface area contributed by atoms with Crippen molar-refractivity contribution < 1.29 is 28.6 Å². The predicted molar refractivity (Wildman–Crippen MR) is 74.8 cm³/mol. The fraction of sp³-hybridized carbons (Fsp3) is 0.500. The molecule has 0 heterocycles. The Bertz CT molecular complexity index is 455. The summed E-state index contributed by atoms with van der Waals surface area (Å²) in [6.45, 7) is -0.737. The number of nitrogen functional groups attached to an aromatic ring is 1. The maximum atomic E-state index is 12.4. The summed E-state index contributed by atoms with van der Waals surface area (Å²) in [4.78, 5) is 0. The summed E-state index contributed by atoms with van der Waals surface area (Å²) in [5.41, 5.74) is 6.83. The van der Waals surface area contributed by atoms with E-state index < -0.39 is 7.60 Å². The molecule has 1 aromatic rings. The van der Waals surface area contributed by atoms with Crippen LogP contribution in [0, 0.1) is 0 Å². The van der Waals surface area contributed by atoms with Gasteiger partial charge in [-0.1, -0.05) is 6.07 Å². The quantitative estimate of drug-likeness (QED) is 0.461. The fourth-order valence-corrected chi connectivity index (χ4v) is 3.19. The number of hydrogen-bond acceptors (Lipinski definition) is 7. The first-order valence-electron chi connectivity index (χ1n) is 6.07. The van der Waals surface area contributed by atoms with E-state index in [0.717, 1.165) is 0 Å². The first kappa shape index (κ1) is 16.9. The summed E-state index contributed by atoms with van der Waals surface area (Å²) in [7, 11) is -1.95. The van der Waals surface area contributed by atoms with Crippen molar-refractivity contribution in [3.8, 4) is 5.75 Å². The zero-order valence-electron chi connectivity index (χ0n) is 11.3. The highest BCUT2D eigenvalue weighted by atomic mass is 31.2. The molecule has 8 heteroatoms. The van der Waals surface area contributed by atoms with Crippen molar-refractivity contribution in [2.45, 2.75) is 6.16 Å². The Morgan fingerprint density at radius 3 is 2.30 bits per heavy atom. The zero-order chi connectivity index (χ0) is 15.0. The smallest absolute Gasteiger partial charge is 0.335 e. The van der Waals surface area contributed by atoms with Crippen LogP contribution in [0.2, 0.25) is 0 Å². The average molecular weight is 305 g/mol. The van der Waals surface area contributed by atoms with Gasteiger partial charge < -0.3 is 29.7 Å². The van der Waals surface area contributed by atoms with Crippen LogP contribution in [0.25, 0.3) is 0 Å². The van der Waals surface area contributed by atoms with Gasteiger partial charge in [-0.05, 0) is 17.7 Å². The molecule has 0 aliphatic heterocycles. The lowest BCUT2D eigenvalue weighted by molar-refractivity contribution is 0.140. The Balaban J connectivity index is 2.85. The van der Waals surface area contributed by atoms with Gasteiger partial charge >= 0.3 is 7.60 Å². The van der Waals surface area contributed by atoms with E-state index >= 15 is 0 Å². The van der Waals surface area contributed by atoms with Crippen LogP contribution in [0.3, 0.4) is 0 Å². The van der Waals surface area contributed by atoms with E-state index in [0.29, 0.717) is 17.0 Å². The summed E-state index contributed by atoms with van der Waals surface area (Å²) in [5.74, 6) is 0.471. The van der Waals surface area contributed by atoms with Crippen molar-refractivity contribution in [2.24, 2.45) is 0 Å². The number of anilines is 1. The van der Waals surface area contributed by atoms with Gasteiger partial charge in [-0.2, -0.15) is 0 Å². The average Bonchev–Trinajstić information content (AvgIpc) is 2.45. The molecule has 0 aromatic heterocycles. The molecule has 4 N–H and O–H groups in total. The Hall–Kier alpha value is -1.11. The fourth-order valence-electron chi connectivity index (χ4n) is 1.57. The number of hydrogen-bond donors (Lipinski definition) is 3. The third-order valence-corrected chi connectivity index (χ3v) is 4.34. The van der Waals surface area contributed by atoms with E-state index in [-0.39, 0.29) is 32.6 Å². The summed E-state index contributed by atoms with van der Waals surface area (Å²) in [5, 5.41) is 17.5. The second kappa shape index (κ2) is 8.24. The third kappa shape index (κ3) is 5.11. The largest absolute Gasteiger partial charge is 0.495 e. The molecule has 1 rings (SSSR count). The summed E-state index contributed by atoms with van der Waals surface area (Å²) in [6.07, 6.45) is 0.00361. The van der Waals surface area contributed by atoms with Gasteiger partial charge in [0.05, 0.1) is 45.4 Å². The van der Waals surface area contributed by atoms with Crippen LogP contribution in [0.1, 0.15) is 5.56 Å². The molecule has 7 nitrogen and oxygen atoms in total. The highest BCUT2D eigenvalue weighted by molar-refractivity contribution is 7.53. The Morgan fingerprint density at radius 1 is 1.20 bits per heavy atom. The van der Waals surface area contributed by atoms with Gasteiger partial charge in [-0.15, -0.1) is 0 Å². The number of aliphatic hydroxyl groups is 2. The zero-order valence-corrected chi connectivity index (χ0v) is 12.2. The summed E-state index contributed by atoms with van der Waals surface area (Å²) >= 11 is 0.